The maximum absolute atomic E-state index is 11.2. The number of cyclic esters (lactones) is 1. The first kappa shape index (κ1) is 9.30. The Kier molecular flexibility index (Phi) is 2.27. The summed E-state index contributed by atoms with van der Waals surface area (Å²) in [6, 6.07) is 0. The molecule has 0 N–H and O–H groups in total. The van der Waals surface area contributed by atoms with Gasteiger partial charge in [0.15, 0.2) is 0 Å². The average Bonchev–Trinajstić information content (AvgIpc) is 1.97. The summed E-state index contributed by atoms with van der Waals surface area (Å²) in [5, 5.41) is 0. The number of carbonyl (C=O) groups is 1. The molecular formula is C10H16O2. The zero-order valence-corrected chi connectivity index (χ0v) is 8.18. The minimum absolute atomic E-state index is 0.169. The Hall–Kier alpha value is -0.790. The fourth-order valence-corrected chi connectivity index (χ4v) is 1.13. The first-order valence-electron chi connectivity index (χ1n) is 4.36. The number of rotatable bonds is 1. The Morgan fingerprint density at radius 1 is 1.58 bits per heavy atom. The molecule has 0 radical (unpaired) electrons. The van der Waals surface area contributed by atoms with E-state index in [0.717, 1.165) is 12.0 Å². The lowest BCUT2D eigenvalue weighted by Gasteiger charge is -2.35. The van der Waals surface area contributed by atoms with E-state index in [2.05, 4.69) is 13.8 Å². The van der Waals surface area contributed by atoms with Crippen LogP contribution in [0, 0.1) is 5.92 Å². The molecule has 68 valence electrons. The van der Waals surface area contributed by atoms with Gasteiger partial charge in [-0.25, -0.2) is 4.79 Å². The second-order valence-electron chi connectivity index (χ2n) is 3.95. The number of hydrogen-bond acceptors (Lipinski definition) is 2. The molecule has 2 nitrogen and oxygen atoms in total. The molecule has 0 bridgehead atoms. The van der Waals surface area contributed by atoms with Crippen molar-refractivity contribution in [2.75, 3.05) is 0 Å². The monoisotopic (exact) mass is 168 g/mol. The zero-order chi connectivity index (χ0) is 9.35. The molecule has 1 aliphatic heterocycles. The summed E-state index contributed by atoms with van der Waals surface area (Å²) in [5.74, 6) is 0.197. The Bertz CT molecular complexity index is 228. The van der Waals surface area contributed by atoms with Gasteiger partial charge in [0.05, 0.1) is 0 Å². The molecule has 1 atom stereocenters. The van der Waals surface area contributed by atoms with Crippen LogP contribution in [0.2, 0.25) is 0 Å². The van der Waals surface area contributed by atoms with Gasteiger partial charge >= 0.3 is 5.97 Å². The fourth-order valence-electron chi connectivity index (χ4n) is 1.13. The summed E-state index contributed by atoms with van der Waals surface area (Å²) in [6.07, 6.45) is 2.80. The predicted octanol–water partition coefficient (Wildman–Crippen LogP) is 2.29. The second-order valence-corrected chi connectivity index (χ2v) is 3.95. The van der Waals surface area contributed by atoms with Gasteiger partial charge in [0.2, 0.25) is 0 Å². The van der Waals surface area contributed by atoms with Gasteiger partial charge in [-0.2, -0.15) is 0 Å². The third kappa shape index (κ3) is 1.52. The first-order valence-corrected chi connectivity index (χ1v) is 4.36. The number of carbonyl (C=O) groups excluding carboxylic acids is 1. The van der Waals surface area contributed by atoms with Crippen LogP contribution in [0.3, 0.4) is 0 Å². The summed E-state index contributed by atoms with van der Waals surface area (Å²) in [7, 11) is 0. The van der Waals surface area contributed by atoms with E-state index in [4.69, 9.17) is 4.74 Å². The van der Waals surface area contributed by atoms with Crippen LogP contribution < -0.4 is 0 Å². The van der Waals surface area contributed by atoms with Crippen molar-refractivity contribution < 1.29 is 9.53 Å². The van der Waals surface area contributed by atoms with E-state index in [-0.39, 0.29) is 11.6 Å². The van der Waals surface area contributed by atoms with Crippen LogP contribution in [-0.4, -0.2) is 11.6 Å². The third-order valence-electron chi connectivity index (χ3n) is 2.68. The highest BCUT2D eigenvalue weighted by atomic mass is 16.6. The van der Waals surface area contributed by atoms with Crippen molar-refractivity contribution in [2.24, 2.45) is 5.92 Å². The summed E-state index contributed by atoms with van der Waals surface area (Å²) in [4.78, 5) is 11.2. The highest BCUT2D eigenvalue weighted by Crippen LogP contribution is 2.30. The predicted molar refractivity (Wildman–Crippen MR) is 47.7 cm³/mol. The van der Waals surface area contributed by atoms with Gasteiger partial charge in [0.25, 0.3) is 0 Å². The van der Waals surface area contributed by atoms with Gasteiger partial charge in [-0.1, -0.05) is 19.9 Å². The second kappa shape index (κ2) is 2.92. The minimum Gasteiger partial charge on any atom is -0.455 e. The third-order valence-corrected chi connectivity index (χ3v) is 2.68. The van der Waals surface area contributed by atoms with Gasteiger partial charge in [0.1, 0.15) is 5.60 Å². The van der Waals surface area contributed by atoms with E-state index >= 15 is 0 Å². The van der Waals surface area contributed by atoms with Crippen LogP contribution in [0.15, 0.2) is 11.6 Å². The van der Waals surface area contributed by atoms with Gasteiger partial charge in [0, 0.05) is 12.0 Å². The molecule has 0 aromatic rings. The molecule has 0 aromatic carbocycles. The quantitative estimate of drug-likeness (QED) is 0.561. The van der Waals surface area contributed by atoms with E-state index in [1.165, 1.54) is 0 Å². The Balaban J connectivity index is 2.83. The van der Waals surface area contributed by atoms with Gasteiger partial charge < -0.3 is 4.74 Å². The molecule has 1 rings (SSSR count). The molecule has 2 heteroatoms. The van der Waals surface area contributed by atoms with Crippen molar-refractivity contribution in [3.05, 3.63) is 11.6 Å². The van der Waals surface area contributed by atoms with Crippen molar-refractivity contribution >= 4 is 5.97 Å². The molecular weight excluding hydrogens is 152 g/mol. The molecule has 0 saturated heterocycles. The van der Waals surface area contributed by atoms with Crippen molar-refractivity contribution in [3.63, 3.8) is 0 Å². The minimum atomic E-state index is -0.295. The lowest BCUT2D eigenvalue weighted by molar-refractivity contribution is -0.159. The molecule has 0 spiro atoms. The number of hydrogen-bond donors (Lipinski definition) is 0. The lowest BCUT2D eigenvalue weighted by atomic mass is 9.86. The van der Waals surface area contributed by atoms with Crippen LogP contribution in [0.5, 0.6) is 0 Å². The van der Waals surface area contributed by atoms with Crippen molar-refractivity contribution in [2.45, 2.75) is 39.7 Å². The van der Waals surface area contributed by atoms with Crippen LogP contribution >= 0.6 is 0 Å². The van der Waals surface area contributed by atoms with Crippen LogP contribution in [0.25, 0.3) is 0 Å². The fraction of sp³-hybridized carbons (Fsp3) is 0.700. The maximum Gasteiger partial charge on any atom is 0.333 e. The molecule has 1 heterocycles. The highest BCUT2D eigenvalue weighted by Gasteiger charge is 2.34. The van der Waals surface area contributed by atoms with E-state index in [0.29, 0.717) is 5.92 Å². The summed E-state index contributed by atoms with van der Waals surface area (Å²) >= 11 is 0. The lowest BCUT2D eigenvalue weighted by Crippen LogP contribution is -2.39. The number of esters is 1. The maximum atomic E-state index is 11.2. The van der Waals surface area contributed by atoms with E-state index in [1.807, 2.05) is 13.0 Å². The smallest absolute Gasteiger partial charge is 0.333 e. The summed E-state index contributed by atoms with van der Waals surface area (Å²) in [5.41, 5.74) is 0.435. The van der Waals surface area contributed by atoms with Crippen molar-refractivity contribution in [1.29, 1.82) is 0 Å². The Morgan fingerprint density at radius 3 is 2.58 bits per heavy atom. The average molecular weight is 168 g/mol. The van der Waals surface area contributed by atoms with Crippen LogP contribution in [0.4, 0.5) is 0 Å². The summed E-state index contributed by atoms with van der Waals surface area (Å²) < 4.78 is 5.34. The van der Waals surface area contributed by atoms with Crippen molar-refractivity contribution in [3.8, 4) is 0 Å². The molecule has 0 fully saturated rings. The summed E-state index contributed by atoms with van der Waals surface area (Å²) in [6.45, 7) is 7.92. The van der Waals surface area contributed by atoms with E-state index < -0.39 is 0 Å². The molecule has 12 heavy (non-hydrogen) atoms. The Morgan fingerprint density at radius 2 is 2.17 bits per heavy atom. The van der Waals surface area contributed by atoms with Gasteiger partial charge in [-0.05, 0) is 19.8 Å². The molecule has 1 aliphatic rings. The van der Waals surface area contributed by atoms with Crippen LogP contribution in [-0.2, 0) is 9.53 Å². The standard InChI is InChI=1S/C10H16O2/c1-7(2)10(4)6-5-8(3)9(11)12-10/h5,7H,6H2,1-4H3. The molecule has 0 amide bonds. The molecule has 0 aromatic heterocycles. The van der Waals surface area contributed by atoms with E-state index in [1.54, 1.807) is 6.92 Å². The molecule has 0 saturated carbocycles. The molecule has 1 unspecified atom stereocenters. The topological polar surface area (TPSA) is 26.3 Å². The zero-order valence-electron chi connectivity index (χ0n) is 8.18. The number of ether oxygens (including phenoxy) is 1. The van der Waals surface area contributed by atoms with Crippen LogP contribution in [0.1, 0.15) is 34.1 Å². The Labute approximate surface area is 73.6 Å². The largest absolute Gasteiger partial charge is 0.455 e. The van der Waals surface area contributed by atoms with Gasteiger partial charge in [-0.3, -0.25) is 0 Å². The normalized spacial score (nSPS) is 30.1. The SMILES string of the molecule is CC1=CCC(C)(C(C)C)OC1=O. The van der Waals surface area contributed by atoms with Crippen molar-refractivity contribution in [1.82, 2.24) is 0 Å². The highest BCUT2D eigenvalue weighted by molar-refractivity contribution is 5.88. The van der Waals surface area contributed by atoms with E-state index in [9.17, 15) is 4.79 Å². The van der Waals surface area contributed by atoms with Gasteiger partial charge in [-0.15, -0.1) is 0 Å². The first-order chi connectivity index (χ1) is 5.46. The molecule has 0 aliphatic carbocycles.